The minimum absolute atomic E-state index is 0.150. The van der Waals surface area contributed by atoms with Gasteiger partial charge in [-0.3, -0.25) is 4.79 Å². The fraction of sp³-hybridized carbons (Fsp3) is 0.238. The average molecular weight is 349 g/mol. The molecule has 26 heavy (non-hydrogen) atoms. The highest BCUT2D eigenvalue weighted by Gasteiger charge is 2.24. The number of hydrogen-bond donors (Lipinski definition) is 1. The fourth-order valence-electron chi connectivity index (χ4n) is 2.81. The Balaban J connectivity index is 1.82. The van der Waals surface area contributed by atoms with E-state index < -0.39 is 5.60 Å². The van der Waals surface area contributed by atoms with Crippen LogP contribution in [0.15, 0.2) is 73.2 Å². The van der Waals surface area contributed by atoms with Crippen molar-refractivity contribution in [2.45, 2.75) is 26.0 Å². The minimum atomic E-state index is -0.983. The summed E-state index contributed by atoms with van der Waals surface area (Å²) >= 11 is 0. The molecule has 3 aromatic rings. The second-order valence-corrected chi connectivity index (χ2v) is 6.95. The number of carbonyl (C=O) groups is 1. The second kappa shape index (κ2) is 7.54. The van der Waals surface area contributed by atoms with Crippen molar-refractivity contribution in [3.8, 4) is 5.82 Å². The molecular weight excluding hydrogens is 326 g/mol. The molecule has 5 heteroatoms. The lowest BCUT2D eigenvalue weighted by Gasteiger charge is -2.29. The third kappa shape index (κ3) is 4.58. The van der Waals surface area contributed by atoms with Gasteiger partial charge in [-0.25, -0.2) is 4.98 Å². The van der Waals surface area contributed by atoms with Crippen molar-refractivity contribution >= 4 is 5.91 Å². The van der Waals surface area contributed by atoms with Crippen LogP contribution in [0.4, 0.5) is 0 Å². The van der Waals surface area contributed by atoms with E-state index in [9.17, 15) is 9.90 Å². The van der Waals surface area contributed by atoms with Crippen molar-refractivity contribution in [2.75, 3.05) is 6.54 Å². The molecule has 2 heterocycles. The van der Waals surface area contributed by atoms with E-state index >= 15 is 0 Å². The summed E-state index contributed by atoms with van der Waals surface area (Å²) in [6, 6.07) is 17.2. The maximum Gasteiger partial charge on any atom is 0.255 e. The van der Waals surface area contributed by atoms with Crippen molar-refractivity contribution in [3.63, 3.8) is 0 Å². The predicted molar refractivity (Wildman–Crippen MR) is 101 cm³/mol. The van der Waals surface area contributed by atoms with Crippen LogP contribution in [0.3, 0.4) is 0 Å². The van der Waals surface area contributed by atoms with Gasteiger partial charge in [0.25, 0.3) is 5.91 Å². The highest BCUT2D eigenvalue weighted by atomic mass is 16.3. The summed E-state index contributed by atoms with van der Waals surface area (Å²) in [5, 5.41) is 10.2. The highest BCUT2D eigenvalue weighted by Crippen LogP contribution is 2.15. The zero-order valence-corrected chi connectivity index (χ0v) is 15.0. The molecule has 134 valence electrons. The third-order valence-corrected chi connectivity index (χ3v) is 3.95. The van der Waals surface area contributed by atoms with Crippen LogP contribution >= 0.6 is 0 Å². The van der Waals surface area contributed by atoms with Gasteiger partial charge in [0.15, 0.2) is 0 Å². The van der Waals surface area contributed by atoms with Crippen LogP contribution in [0.1, 0.15) is 29.8 Å². The number of aromatic nitrogens is 2. The average Bonchev–Trinajstić information content (AvgIpc) is 3.15. The molecule has 0 aliphatic rings. The van der Waals surface area contributed by atoms with Gasteiger partial charge in [-0.15, -0.1) is 0 Å². The molecule has 0 spiro atoms. The Bertz CT molecular complexity index is 835. The number of pyridine rings is 1. The van der Waals surface area contributed by atoms with Crippen LogP contribution in [0.5, 0.6) is 0 Å². The molecule has 0 fully saturated rings. The Labute approximate surface area is 153 Å². The molecule has 0 bridgehead atoms. The SMILES string of the molecule is CC(C)(O)CN(Cc1ccccc1)C(=O)c1ccc(-n2cccc2)nc1. The van der Waals surface area contributed by atoms with Crippen LogP contribution in [-0.4, -0.2) is 37.6 Å². The maximum atomic E-state index is 13.0. The summed E-state index contributed by atoms with van der Waals surface area (Å²) in [6.07, 6.45) is 5.39. The van der Waals surface area contributed by atoms with Gasteiger partial charge in [-0.2, -0.15) is 0 Å². The predicted octanol–water partition coefficient (Wildman–Crippen LogP) is 3.29. The van der Waals surface area contributed by atoms with Gasteiger partial charge < -0.3 is 14.6 Å². The van der Waals surface area contributed by atoms with E-state index in [-0.39, 0.29) is 12.5 Å². The topological polar surface area (TPSA) is 58.4 Å². The number of hydrogen-bond acceptors (Lipinski definition) is 3. The zero-order chi connectivity index (χ0) is 18.6. The summed E-state index contributed by atoms with van der Waals surface area (Å²) in [4.78, 5) is 19.0. The standard InChI is InChI=1S/C21H23N3O2/c1-21(2,26)16-24(15-17-8-4-3-5-9-17)20(25)18-10-11-19(22-14-18)23-12-6-7-13-23/h3-14,26H,15-16H2,1-2H3. The van der Waals surface area contributed by atoms with Gasteiger partial charge in [0.05, 0.1) is 11.2 Å². The van der Waals surface area contributed by atoms with Crippen molar-refractivity contribution < 1.29 is 9.90 Å². The number of aliphatic hydroxyl groups is 1. The van der Waals surface area contributed by atoms with E-state index in [2.05, 4.69) is 4.98 Å². The van der Waals surface area contributed by atoms with Gasteiger partial charge in [0.2, 0.25) is 0 Å². The molecule has 1 amide bonds. The molecule has 0 aliphatic carbocycles. The summed E-state index contributed by atoms with van der Waals surface area (Å²) in [7, 11) is 0. The molecule has 1 N–H and O–H groups in total. The maximum absolute atomic E-state index is 13.0. The van der Waals surface area contributed by atoms with Crippen molar-refractivity contribution in [3.05, 3.63) is 84.3 Å². The number of amides is 1. The van der Waals surface area contributed by atoms with Crippen LogP contribution < -0.4 is 0 Å². The molecule has 0 radical (unpaired) electrons. The zero-order valence-electron chi connectivity index (χ0n) is 15.0. The molecule has 0 aliphatic heterocycles. The van der Waals surface area contributed by atoms with Crippen molar-refractivity contribution in [1.29, 1.82) is 0 Å². The largest absolute Gasteiger partial charge is 0.389 e. The Morgan fingerprint density at radius 2 is 1.77 bits per heavy atom. The van der Waals surface area contributed by atoms with Gasteiger partial charge in [0, 0.05) is 31.7 Å². The van der Waals surface area contributed by atoms with Crippen LogP contribution in [-0.2, 0) is 6.54 Å². The monoisotopic (exact) mass is 349 g/mol. The third-order valence-electron chi connectivity index (χ3n) is 3.95. The van der Waals surface area contributed by atoms with E-state index in [1.165, 1.54) is 0 Å². The fourth-order valence-corrected chi connectivity index (χ4v) is 2.81. The first-order valence-electron chi connectivity index (χ1n) is 8.57. The van der Waals surface area contributed by atoms with Crippen LogP contribution in [0.25, 0.3) is 5.82 Å². The lowest BCUT2D eigenvalue weighted by molar-refractivity contribution is 0.0280. The quantitative estimate of drug-likeness (QED) is 0.743. The van der Waals surface area contributed by atoms with E-state index in [1.54, 1.807) is 31.0 Å². The Morgan fingerprint density at radius 3 is 2.35 bits per heavy atom. The van der Waals surface area contributed by atoms with Gasteiger partial charge >= 0.3 is 0 Å². The molecular formula is C21H23N3O2. The number of rotatable bonds is 6. The van der Waals surface area contributed by atoms with Crippen molar-refractivity contribution in [2.24, 2.45) is 0 Å². The Morgan fingerprint density at radius 1 is 1.08 bits per heavy atom. The van der Waals surface area contributed by atoms with Gasteiger partial charge in [-0.1, -0.05) is 30.3 Å². The number of benzene rings is 1. The Hall–Kier alpha value is -2.92. The smallest absolute Gasteiger partial charge is 0.255 e. The molecule has 1 aromatic carbocycles. The normalized spacial score (nSPS) is 11.3. The van der Waals surface area contributed by atoms with Crippen molar-refractivity contribution in [1.82, 2.24) is 14.5 Å². The molecule has 0 atom stereocenters. The molecule has 0 saturated carbocycles. The highest BCUT2D eigenvalue weighted by molar-refractivity contribution is 5.94. The molecule has 5 nitrogen and oxygen atoms in total. The van der Waals surface area contributed by atoms with Gasteiger partial charge in [0.1, 0.15) is 5.82 Å². The molecule has 0 unspecified atom stereocenters. The molecule has 0 saturated heterocycles. The Kier molecular flexibility index (Phi) is 5.19. The second-order valence-electron chi connectivity index (χ2n) is 6.95. The summed E-state index contributed by atoms with van der Waals surface area (Å²) in [6.45, 7) is 4.07. The molecule has 2 aromatic heterocycles. The summed E-state index contributed by atoms with van der Waals surface area (Å²) in [5.74, 6) is 0.603. The van der Waals surface area contributed by atoms with Crippen LogP contribution in [0.2, 0.25) is 0 Å². The number of carbonyl (C=O) groups excluding carboxylic acids is 1. The minimum Gasteiger partial charge on any atom is -0.389 e. The van der Waals surface area contributed by atoms with E-state index in [4.69, 9.17) is 0 Å². The summed E-state index contributed by atoms with van der Waals surface area (Å²) in [5.41, 5.74) is 0.534. The van der Waals surface area contributed by atoms with E-state index in [0.717, 1.165) is 11.4 Å². The van der Waals surface area contributed by atoms with Gasteiger partial charge in [-0.05, 0) is 43.7 Å². The lowest BCUT2D eigenvalue weighted by atomic mass is 10.1. The summed E-state index contributed by atoms with van der Waals surface area (Å²) < 4.78 is 1.88. The number of nitrogens with zero attached hydrogens (tertiary/aromatic N) is 3. The van der Waals surface area contributed by atoms with E-state index in [1.807, 2.05) is 65.5 Å². The van der Waals surface area contributed by atoms with E-state index in [0.29, 0.717) is 12.1 Å². The first kappa shape index (κ1) is 17.9. The first-order chi connectivity index (χ1) is 12.4. The lowest BCUT2D eigenvalue weighted by Crippen LogP contribution is -2.41. The first-order valence-corrected chi connectivity index (χ1v) is 8.57. The van der Waals surface area contributed by atoms with Crippen LogP contribution in [0, 0.1) is 0 Å². The molecule has 3 rings (SSSR count).